The second-order valence-electron chi connectivity index (χ2n) is 12.4. The number of ether oxygens (including phenoxy) is 2. The Bertz CT molecular complexity index is 1510. The van der Waals surface area contributed by atoms with E-state index in [1.165, 1.54) is 6.26 Å². The Morgan fingerprint density at radius 2 is 1.77 bits per heavy atom. The maximum absolute atomic E-state index is 13.7. The molecule has 3 aliphatic rings. The number of nitrogens with one attached hydrogen (secondary N) is 2. The van der Waals surface area contributed by atoms with Crippen LogP contribution in [0.5, 0.6) is 5.75 Å². The van der Waals surface area contributed by atoms with Crippen molar-refractivity contribution in [2.75, 3.05) is 57.1 Å². The smallest absolute Gasteiger partial charge is 0.253 e. The zero-order valence-electron chi connectivity index (χ0n) is 26.6. The Labute approximate surface area is 260 Å². The monoisotopic (exact) mass is 629 g/mol. The fraction of sp³-hybridized carbons (Fsp3) is 0.625. The maximum atomic E-state index is 13.7. The van der Waals surface area contributed by atoms with E-state index in [0.29, 0.717) is 42.0 Å². The molecule has 1 amide bonds. The van der Waals surface area contributed by atoms with Crippen LogP contribution in [0.15, 0.2) is 23.0 Å². The van der Waals surface area contributed by atoms with Gasteiger partial charge in [0.2, 0.25) is 10.0 Å². The van der Waals surface area contributed by atoms with Gasteiger partial charge < -0.3 is 24.7 Å². The summed E-state index contributed by atoms with van der Waals surface area (Å²) in [5.74, 6) is 0.419. The maximum Gasteiger partial charge on any atom is 0.253 e. The summed E-state index contributed by atoms with van der Waals surface area (Å²) in [6, 6.07) is 6.48. The number of pyridine rings is 1. The molecule has 1 aromatic heterocycles. The van der Waals surface area contributed by atoms with Crippen molar-refractivity contribution in [2.24, 2.45) is 0 Å². The number of aromatic amines is 1. The zero-order chi connectivity index (χ0) is 31.6. The lowest BCUT2D eigenvalue weighted by Crippen LogP contribution is -2.56. The molecule has 5 rings (SSSR count). The number of piperazine rings is 1. The summed E-state index contributed by atoms with van der Waals surface area (Å²) >= 11 is 0. The minimum absolute atomic E-state index is 0.0197. The number of nitrogens with zero attached hydrogens (tertiary/aromatic N) is 3. The van der Waals surface area contributed by atoms with Crippen molar-refractivity contribution in [3.05, 3.63) is 56.5 Å². The predicted octanol–water partition coefficient (Wildman–Crippen LogP) is 2.72. The van der Waals surface area contributed by atoms with E-state index in [0.717, 1.165) is 81.0 Å². The Kier molecular flexibility index (Phi) is 10.0. The molecule has 242 valence electrons. The molecule has 1 saturated carbocycles. The molecule has 1 aliphatic carbocycles. The van der Waals surface area contributed by atoms with Crippen molar-refractivity contribution in [3.63, 3.8) is 0 Å². The van der Waals surface area contributed by atoms with Gasteiger partial charge in [-0.15, -0.1) is 0 Å². The van der Waals surface area contributed by atoms with E-state index in [9.17, 15) is 18.0 Å². The largest absolute Gasteiger partial charge is 0.490 e. The molecular weight excluding hydrogens is 582 g/mol. The van der Waals surface area contributed by atoms with Gasteiger partial charge in [0.05, 0.1) is 6.26 Å². The summed E-state index contributed by atoms with van der Waals surface area (Å²) in [7, 11) is -3.16. The van der Waals surface area contributed by atoms with Crippen molar-refractivity contribution < 1.29 is 22.7 Å². The van der Waals surface area contributed by atoms with Crippen molar-refractivity contribution in [1.82, 2.24) is 19.5 Å². The van der Waals surface area contributed by atoms with E-state index in [4.69, 9.17) is 9.47 Å². The summed E-state index contributed by atoms with van der Waals surface area (Å²) in [5, 5.41) is 2.99. The third-order valence-corrected chi connectivity index (χ3v) is 10.7. The highest BCUT2D eigenvalue weighted by molar-refractivity contribution is 7.88. The number of H-pyrrole nitrogens is 1. The normalized spacial score (nSPS) is 21.9. The SMILES string of the molecule is CCN(c1cc(O[C@H]2C[C@@H](N3CCN(S(C)(=O)=O)CC3)C2)cc(C(=O)NCc2c(C)cc(C)[nH]c2=O)c1C)C1CCOCC1. The molecule has 12 heteroatoms. The van der Waals surface area contributed by atoms with Gasteiger partial charge in [0.15, 0.2) is 0 Å². The third-order valence-electron chi connectivity index (χ3n) is 9.43. The van der Waals surface area contributed by atoms with Gasteiger partial charge in [-0.1, -0.05) is 0 Å². The molecule has 0 spiro atoms. The van der Waals surface area contributed by atoms with Crippen LogP contribution in [0.2, 0.25) is 0 Å². The first-order chi connectivity index (χ1) is 20.9. The highest BCUT2D eigenvalue weighted by Crippen LogP contribution is 2.36. The minimum Gasteiger partial charge on any atom is -0.490 e. The van der Waals surface area contributed by atoms with Crippen LogP contribution in [0, 0.1) is 20.8 Å². The first-order valence-corrected chi connectivity index (χ1v) is 17.6. The molecule has 2 aliphatic heterocycles. The molecule has 0 unspecified atom stereocenters. The first kappa shape index (κ1) is 32.5. The number of rotatable bonds is 10. The Morgan fingerprint density at radius 1 is 1.09 bits per heavy atom. The number of aromatic nitrogens is 1. The van der Waals surface area contributed by atoms with Crippen LogP contribution in [0.25, 0.3) is 0 Å². The quantitative estimate of drug-likeness (QED) is 0.411. The van der Waals surface area contributed by atoms with Crippen LogP contribution in [0.1, 0.15) is 65.3 Å². The third kappa shape index (κ3) is 7.30. The molecule has 44 heavy (non-hydrogen) atoms. The number of amides is 1. The molecule has 3 heterocycles. The van der Waals surface area contributed by atoms with Gasteiger partial charge >= 0.3 is 0 Å². The van der Waals surface area contributed by atoms with Gasteiger partial charge in [-0.05, 0) is 63.8 Å². The van der Waals surface area contributed by atoms with E-state index in [-0.39, 0.29) is 24.1 Å². The molecule has 1 aromatic carbocycles. The highest BCUT2D eigenvalue weighted by atomic mass is 32.2. The molecular formula is C32H47N5O6S. The fourth-order valence-corrected chi connectivity index (χ4v) is 7.61. The molecule has 2 saturated heterocycles. The van der Waals surface area contributed by atoms with Gasteiger partial charge in [0.25, 0.3) is 11.5 Å². The molecule has 0 bridgehead atoms. The first-order valence-electron chi connectivity index (χ1n) is 15.8. The standard InChI is InChI=1S/C32H47N5O6S/c1-6-37(24-7-13-42-14-8-24)30-19-27(43-26-16-25(17-26)35-9-11-36(12-10-35)44(5,40)41)18-28(23(30)4)31(38)33-20-29-21(2)15-22(3)34-32(29)39/h15,18-19,24-26H,6-14,16-17,20H2,1-5H3,(H,33,38)(H,34,39)/t25-,26+. The summed E-state index contributed by atoms with van der Waals surface area (Å²) in [6.07, 6.45) is 4.85. The van der Waals surface area contributed by atoms with E-state index >= 15 is 0 Å². The van der Waals surface area contributed by atoms with E-state index in [1.807, 2.05) is 32.9 Å². The van der Waals surface area contributed by atoms with Crippen molar-refractivity contribution in [1.29, 1.82) is 0 Å². The Balaban J connectivity index is 1.33. The summed E-state index contributed by atoms with van der Waals surface area (Å²) < 4.78 is 37.5. The van der Waals surface area contributed by atoms with Crippen LogP contribution in [-0.2, 0) is 21.3 Å². The van der Waals surface area contributed by atoms with Crippen LogP contribution in [-0.4, -0.2) is 98.9 Å². The van der Waals surface area contributed by atoms with Crippen molar-refractivity contribution in [3.8, 4) is 5.75 Å². The number of carbonyl (C=O) groups excluding carboxylic acids is 1. The number of hydrogen-bond acceptors (Lipinski definition) is 8. The number of anilines is 1. The molecule has 2 aromatic rings. The number of carbonyl (C=O) groups is 1. The van der Waals surface area contributed by atoms with Crippen molar-refractivity contribution in [2.45, 2.75) is 78.1 Å². The van der Waals surface area contributed by atoms with Crippen LogP contribution in [0.3, 0.4) is 0 Å². The van der Waals surface area contributed by atoms with Gasteiger partial charge in [0.1, 0.15) is 11.9 Å². The van der Waals surface area contributed by atoms with E-state index < -0.39 is 10.0 Å². The molecule has 0 atom stereocenters. The van der Waals surface area contributed by atoms with Crippen molar-refractivity contribution >= 4 is 21.6 Å². The average Bonchev–Trinajstić information content (AvgIpc) is 2.96. The number of benzene rings is 1. The second kappa shape index (κ2) is 13.6. The van der Waals surface area contributed by atoms with Crippen LogP contribution < -0.4 is 20.5 Å². The molecule has 11 nitrogen and oxygen atoms in total. The molecule has 0 radical (unpaired) electrons. The van der Waals surface area contributed by atoms with Crippen LogP contribution in [0.4, 0.5) is 5.69 Å². The van der Waals surface area contributed by atoms with Gasteiger partial charge in [-0.3, -0.25) is 14.5 Å². The predicted molar refractivity (Wildman–Crippen MR) is 171 cm³/mol. The lowest BCUT2D eigenvalue weighted by atomic mass is 9.87. The lowest BCUT2D eigenvalue weighted by Gasteiger charge is -2.45. The molecule has 3 fully saturated rings. The minimum atomic E-state index is -3.16. The molecule has 2 N–H and O–H groups in total. The Morgan fingerprint density at radius 3 is 2.39 bits per heavy atom. The number of sulfonamides is 1. The Hall–Kier alpha value is -2.93. The lowest BCUT2D eigenvalue weighted by molar-refractivity contribution is 0.00408. The number of aryl methyl sites for hydroxylation is 2. The zero-order valence-corrected chi connectivity index (χ0v) is 27.5. The second-order valence-corrected chi connectivity index (χ2v) is 14.4. The highest BCUT2D eigenvalue weighted by Gasteiger charge is 2.38. The van der Waals surface area contributed by atoms with Gasteiger partial charge in [-0.2, -0.15) is 4.31 Å². The summed E-state index contributed by atoms with van der Waals surface area (Å²) in [6.45, 7) is 12.7. The van der Waals surface area contributed by atoms with E-state index in [2.05, 4.69) is 33.1 Å². The summed E-state index contributed by atoms with van der Waals surface area (Å²) in [4.78, 5) is 33.8. The van der Waals surface area contributed by atoms with Gasteiger partial charge in [-0.25, -0.2) is 8.42 Å². The average molecular weight is 630 g/mol. The topological polar surface area (TPSA) is 124 Å². The van der Waals surface area contributed by atoms with E-state index in [1.54, 1.807) is 4.31 Å². The number of hydrogen-bond donors (Lipinski definition) is 2. The van der Waals surface area contributed by atoms with Gasteiger partial charge in [0, 0.05) is 106 Å². The van der Waals surface area contributed by atoms with Crippen LogP contribution >= 0.6 is 0 Å². The summed E-state index contributed by atoms with van der Waals surface area (Å²) in [5.41, 5.74) is 4.39. The fourth-order valence-electron chi connectivity index (χ4n) is 6.79.